The van der Waals surface area contributed by atoms with Gasteiger partial charge in [-0.3, -0.25) is 9.59 Å². The average molecular weight is 564 g/mol. The van der Waals surface area contributed by atoms with Gasteiger partial charge < -0.3 is 30.6 Å². The number of aromatic amines is 1. The second-order valence-electron chi connectivity index (χ2n) is 9.56. The zero-order valence-electron chi connectivity index (χ0n) is 20.9. The summed E-state index contributed by atoms with van der Waals surface area (Å²) in [5, 5.41) is 25.3. The lowest BCUT2D eigenvalue weighted by Crippen LogP contribution is -2.32. The van der Waals surface area contributed by atoms with Crippen LogP contribution in [0.2, 0.25) is 10.0 Å². The summed E-state index contributed by atoms with van der Waals surface area (Å²) in [7, 11) is 0. The number of carboxylic acids is 2. The van der Waals surface area contributed by atoms with Crippen molar-refractivity contribution < 1.29 is 34.1 Å². The number of halogens is 2. The summed E-state index contributed by atoms with van der Waals surface area (Å²) in [6.07, 6.45) is -1.02. The number of carbonyl (C=O) groups is 4. The molecule has 38 heavy (non-hydrogen) atoms. The van der Waals surface area contributed by atoms with Crippen LogP contribution >= 0.6 is 23.2 Å². The smallest absolute Gasteiger partial charge is 0.407 e. The molecule has 0 unspecified atom stereocenters. The highest BCUT2D eigenvalue weighted by molar-refractivity contribution is 6.39. The first kappa shape index (κ1) is 28.8. The molecular formula is C26H27Cl2N3O7. The number of carboxylic acid groups (broad SMARTS) is 2. The number of hydrogen-bond acceptors (Lipinski definition) is 5. The Morgan fingerprint density at radius 1 is 1.05 bits per heavy atom. The minimum atomic E-state index is -1.21. The number of anilines is 1. The predicted molar refractivity (Wildman–Crippen MR) is 143 cm³/mol. The minimum absolute atomic E-state index is 0.0565. The Labute approximate surface area is 228 Å². The van der Waals surface area contributed by atoms with E-state index in [0.717, 1.165) is 0 Å². The molecule has 1 heterocycles. The van der Waals surface area contributed by atoms with E-state index in [1.165, 1.54) is 6.07 Å². The SMILES string of the molecule is CC(C)(C)OC(=O)NCc1ccc(NC(=O)CCc2c(C(=O)O)[nH]c3cc(Cl)cc(Cl)c23)c(CC(=O)O)c1. The topological polar surface area (TPSA) is 158 Å². The summed E-state index contributed by atoms with van der Waals surface area (Å²) < 4.78 is 5.20. The van der Waals surface area contributed by atoms with Crippen molar-refractivity contribution in [1.82, 2.24) is 10.3 Å². The summed E-state index contributed by atoms with van der Waals surface area (Å²) >= 11 is 12.3. The molecule has 0 saturated heterocycles. The van der Waals surface area contributed by atoms with Crippen LogP contribution in [0.1, 0.15) is 54.4 Å². The van der Waals surface area contributed by atoms with Gasteiger partial charge >= 0.3 is 18.0 Å². The first-order chi connectivity index (χ1) is 17.7. The van der Waals surface area contributed by atoms with Crippen LogP contribution in [0.5, 0.6) is 0 Å². The van der Waals surface area contributed by atoms with E-state index in [2.05, 4.69) is 15.6 Å². The number of alkyl carbamates (subject to hydrolysis) is 1. The second-order valence-corrected chi connectivity index (χ2v) is 10.4. The van der Waals surface area contributed by atoms with Gasteiger partial charge in [0.15, 0.2) is 0 Å². The van der Waals surface area contributed by atoms with Crippen molar-refractivity contribution in [3.05, 3.63) is 62.8 Å². The second kappa shape index (κ2) is 11.7. The van der Waals surface area contributed by atoms with Crippen molar-refractivity contribution in [3.63, 3.8) is 0 Å². The lowest BCUT2D eigenvalue weighted by molar-refractivity contribution is -0.136. The fraction of sp³-hybridized carbons (Fsp3) is 0.308. The molecule has 5 N–H and O–H groups in total. The largest absolute Gasteiger partial charge is 0.481 e. The number of aryl methyl sites for hydroxylation is 1. The molecule has 0 aliphatic heterocycles. The maximum atomic E-state index is 12.8. The third-order valence-corrected chi connectivity index (χ3v) is 5.87. The van der Waals surface area contributed by atoms with E-state index < -0.39 is 29.5 Å². The van der Waals surface area contributed by atoms with Gasteiger partial charge in [0.2, 0.25) is 5.91 Å². The summed E-state index contributed by atoms with van der Waals surface area (Å²) in [5.74, 6) is -2.76. The summed E-state index contributed by atoms with van der Waals surface area (Å²) in [4.78, 5) is 50.7. The molecule has 2 aromatic carbocycles. The number of aliphatic carboxylic acids is 1. The van der Waals surface area contributed by atoms with Gasteiger partial charge in [-0.2, -0.15) is 0 Å². The third kappa shape index (κ3) is 7.62. The van der Waals surface area contributed by atoms with Crippen molar-refractivity contribution in [2.75, 3.05) is 5.32 Å². The van der Waals surface area contributed by atoms with E-state index in [0.29, 0.717) is 38.3 Å². The maximum Gasteiger partial charge on any atom is 0.407 e. The number of H-pyrrole nitrogens is 1. The summed E-state index contributed by atoms with van der Waals surface area (Å²) in [6, 6.07) is 7.81. The van der Waals surface area contributed by atoms with Gasteiger partial charge in [-0.1, -0.05) is 35.3 Å². The van der Waals surface area contributed by atoms with E-state index in [9.17, 15) is 29.4 Å². The highest BCUT2D eigenvalue weighted by Gasteiger charge is 2.21. The molecule has 202 valence electrons. The molecule has 0 bridgehead atoms. The van der Waals surface area contributed by atoms with Crippen molar-refractivity contribution in [2.45, 2.75) is 52.2 Å². The number of fused-ring (bicyclic) bond motifs is 1. The number of benzene rings is 2. The van der Waals surface area contributed by atoms with Crippen molar-refractivity contribution in [2.24, 2.45) is 0 Å². The van der Waals surface area contributed by atoms with Gasteiger partial charge in [0.25, 0.3) is 0 Å². The Bertz CT molecular complexity index is 1410. The van der Waals surface area contributed by atoms with Crippen LogP contribution in [0.3, 0.4) is 0 Å². The maximum absolute atomic E-state index is 12.8. The van der Waals surface area contributed by atoms with Gasteiger partial charge in [-0.05, 0) is 62.1 Å². The van der Waals surface area contributed by atoms with Crippen LogP contribution in [-0.2, 0) is 33.7 Å². The van der Waals surface area contributed by atoms with Crippen molar-refractivity contribution >= 4 is 63.7 Å². The Morgan fingerprint density at radius 2 is 1.76 bits per heavy atom. The van der Waals surface area contributed by atoms with E-state index in [-0.39, 0.29) is 36.5 Å². The number of ether oxygens (including phenoxy) is 1. The Kier molecular flexibility index (Phi) is 8.90. The molecule has 0 aliphatic rings. The molecule has 0 fully saturated rings. The van der Waals surface area contributed by atoms with Gasteiger partial charge in [-0.25, -0.2) is 9.59 Å². The first-order valence-electron chi connectivity index (χ1n) is 11.6. The number of hydrogen-bond donors (Lipinski definition) is 5. The average Bonchev–Trinajstić information content (AvgIpc) is 3.15. The quantitative estimate of drug-likeness (QED) is 0.233. The van der Waals surface area contributed by atoms with Crippen LogP contribution < -0.4 is 10.6 Å². The van der Waals surface area contributed by atoms with Crippen molar-refractivity contribution in [3.8, 4) is 0 Å². The molecule has 1 aromatic heterocycles. The molecule has 0 radical (unpaired) electrons. The Hall–Kier alpha value is -3.76. The number of nitrogens with one attached hydrogen (secondary N) is 3. The molecule has 0 spiro atoms. The monoisotopic (exact) mass is 563 g/mol. The molecular weight excluding hydrogens is 537 g/mol. The molecule has 2 amide bonds. The lowest BCUT2D eigenvalue weighted by Gasteiger charge is -2.20. The summed E-state index contributed by atoms with van der Waals surface area (Å²) in [5.41, 5.74) is 1.29. The Balaban J connectivity index is 1.75. The molecule has 12 heteroatoms. The predicted octanol–water partition coefficient (Wildman–Crippen LogP) is 5.40. The normalized spacial score (nSPS) is 11.3. The number of rotatable bonds is 9. The van der Waals surface area contributed by atoms with Gasteiger partial charge in [0.05, 0.1) is 11.4 Å². The molecule has 3 rings (SSSR count). The van der Waals surface area contributed by atoms with Crippen LogP contribution in [0.25, 0.3) is 10.9 Å². The highest BCUT2D eigenvalue weighted by Crippen LogP contribution is 2.33. The lowest BCUT2D eigenvalue weighted by atomic mass is 10.0. The fourth-order valence-electron chi connectivity index (χ4n) is 3.87. The molecule has 10 nitrogen and oxygen atoms in total. The first-order valence-corrected chi connectivity index (χ1v) is 12.3. The van der Waals surface area contributed by atoms with Gasteiger partial charge in [-0.15, -0.1) is 0 Å². The van der Waals surface area contributed by atoms with Crippen LogP contribution in [-0.4, -0.2) is 44.7 Å². The van der Waals surface area contributed by atoms with E-state index >= 15 is 0 Å². The zero-order chi connectivity index (χ0) is 28.2. The number of amides is 2. The third-order valence-electron chi connectivity index (χ3n) is 5.36. The van der Waals surface area contributed by atoms with E-state index in [4.69, 9.17) is 27.9 Å². The van der Waals surface area contributed by atoms with E-state index in [1.807, 2.05) is 0 Å². The van der Waals surface area contributed by atoms with Crippen LogP contribution in [0, 0.1) is 0 Å². The highest BCUT2D eigenvalue weighted by atomic mass is 35.5. The number of aromatic carboxylic acids is 1. The minimum Gasteiger partial charge on any atom is -0.481 e. The van der Waals surface area contributed by atoms with Crippen LogP contribution in [0.15, 0.2) is 30.3 Å². The summed E-state index contributed by atoms with van der Waals surface area (Å²) in [6.45, 7) is 5.31. The standard InChI is InChI=1S/C26H27Cl2N3O7/c1-26(2,3)38-25(37)29-12-13-4-6-18(14(8-13)9-21(33)34)30-20(32)7-5-16-22-17(28)10-15(27)11-19(22)31-23(16)24(35)36/h4,6,8,10-11,31H,5,7,9,12H2,1-3H3,(H,29,37)(H,30,32)(H,33,34)(H,35,36). The molecule has 0 saturated carbocycles. The van der Waals surface area contributed by atoms with Gasteiger partial charge in [0, 0.05) is 34.6 Å². The Morgan fingerprint density at radius 3 is 2.39 bits per heavy atom. The van der Waals surface area contributed by atoms with Crippen molar-refractivity contribution in [1.29, 1.82) is 0 Å². The zero-order valence-corrected chi connectivity index (χ0v) is 22.4. The number of aromatic nitrogens is 1. The molecule has 3 aromatic rings. The van der Waals surface area contributed by atoms with Gasteiger partial charge in [0.1, 0.15) is 11.3 Å². The molecule has 0 atom stereocenters. The van der Waals surface area contributed by atoms with Crippen LogP contribution in [0.4, 0.5) is 10.5 Å². The van der Waals surface area contributed by atoms with E-state index in [1.54, 1.807) is 45.0 Å². The fourth-order valence-corrected chi connectivity index (χ4v) is 4.48. The molecule has 0 aliphatic carbocycles. The number of carbonyl (C=O) groups excluding carboxylic acids is 2.